The van der Waals surface area contributed by atoms with Crippen LogP contribution in [0.5, 0.6) is 0 Å². The van der Waals surface area contributed by atoms with Gasteiger partial charge in [-0.15, -0.1) is 0 Å². The smallest absolute Gasteiger partial charge is 0.0718 e. The van der Waals surface area contributed by atoms with E-state index in [1.165, 1.54) is 0 Å². The van der Waals surface area contributed by atoms with Gasteiger partial charge < -0.3 is 15.2 Å². The van der Waals surface area contributed by atoms with Gasteiger partial charge in [0, 0.05) is 11.3 Å². The van der Waals surface area contributed by atoms with E-state index in [4.69, 9.17) is 15.2 Å². The van der Waals surface area contributed by atoms with E-state index in [0.717, 1.165) is 16.8 Å². The van der Waals surface area contributed by atoms with Crippen LogP contribution in [0.15, 0.2) is 30.8 Å². The van der Waals surface area contributed by atoms with Gasteiger partial charge in [0.05, 0.1) is 25.9 Å². The number of ether oxygens (including phenoxy) is 2. The maximum absolute atomic E-state index is 5.85. The van der Waals surface area contributed by atoms with Crippen molar-refractivity contribution in [2.75, 3.05) is 25.6 Å². The SMILES string of the molecule is C=C(COCCOC(C)C)c1ccccc1N. The zero-order valence-electron chi connectivity index (χ0n) is 10.6. The Kier molecular flexibility index (Phi) is 5.73. The molecule has 1 aromatic rings. The molecule has 0 spiro atoms. The summed E-state index contributed by atoms with van der Waals surface area (Å²) in [5, 5.41) is 0. The maximum atomic E-state index is 5.85. The molecule has 0 atom stereocenters. The molecule has 0 aliphatic heterocycles. The Labute approximate surface area is 103 Å². The van der Waals surface area contributed by atoms with E-state index in [1.54, 1.807) is 0 Å². The molecule has 0 radical (unpaired) electrons. The Bertz CT molecular complexity index is 361. The molecule has 0 fully saturated rings. The fraction of sp³-hybridized carbons (Fsp3) is 0.429. The van der Waals surface area contributed by atoms with Gasteiger partial charge in [-0.3, -0.25) is 0 Å². The molecule has 17 heavy (non-hydrogen) atoms. The standard InChI is InChI=1S/C14H21NO2/c1-11(2)17-9-8-16-10-12(3)13-6-4-5-7-14(13)15/h4-7,11H,3,8-10,15H2,1-2H3. The molecule has 0 amide bonds. The van der Waals surface area contributed by atoms with E-state index in [9.17, 15) is 0 Å². The second-order valence-electron chi connectivity index (χ2n) is 4.16. The van der Waals surface area contributed by atoms with Crippen LogP contribution in [0, 0.1) is 0 Å². The summed E-state index contributed by atoms with van der Waals surface area (Å²) in [7, 11) is 0. The summed E-state index contributed by atoms with van der Waals surface area (Å²) in [6.45, 7) is 9.64. The molecule has 3 heteroatoms. The summed E-state index contributed by atoms with van der Waals surface area (Å²) in [5.41, 5.74) is 8.44. The van der Waals surface area contributed by atoms with Crippen LogP contribution in [0.1, 0.15) is 19.4 Å². The number of para-hydroxylation sites is 1. The summed E-state index contributed by atoms with van der Waals surface area (Å²) >= 11 is 0. The second-order valence-corrected chi connectivity index (χ2v) is 4.16. The molecule has 1 rings (SSSR count). The zero-order chi connectivity index (χ0) is 12.7. The van der Waals surface area contributed by atoms with Crippen LogP contribution in [0.25, 0.3) is 5.57 Å². The van der Waals surface area contributed by atoms with Crippen molar-refractivity contribution >= 4 is 11.3 Å². The van der Waals surface area contributed by atoms with Gasteiger partial charge in [-0.05, 0) is 25.5 Å². The topological polar surface area (TPSA) is 44.5 Å². The van der Waals surface area contributed by atoms with Crippen molar-refractivity contribution in [1.29, 1.82) is 0 Å². The molecule has 1 aromatic carbocycles. The minimum absolute atomic E-state index is 0.242. The van der Waals surface area contributed by atoms with Crippen molar-refractivity contribution in [2.24, 2.45) is 0 Å². The minimum atomic E-state index is 0.242. The third-order valence-corrected chi connectivity index (χ3v) is 2.30. The zero-order valence-corrected chi connectivity index (χ0v) is 10.6. The van der Waals surface area contributed by atoms with Crippen LogP contribution in [-0.2, 0) is 9.47 Å². The Morgan fingerprint density at radius 1 is 1.29 bits per heavy atom. The summed E-state index contributed by atoms with van der Waals surface area (Å²) in [6, 6.07) is 7.66. The average Bonchev–Trinajstić information content (AvgIpc) is 2.28. The van der Waals surface area contributed by atoms with Gasteiger partial charge in [0.2, 0.25) is 0 Å². The summed E-state index contributed by atoms with van der Waals surface area (Å²) in [5.74, 6) is 0. The van der Waals surface area contributed by atoms with Crippen LogP contribution in [0.2, 0.25) is 0 Å². The van der Waals surface area contributed by atoms with Crippen molar-refractivity contribution in [1.82, 2.24) is 0 Å². The minimum Gasteiger partial charge on any atom is -0.398 e. The molecular weight excluding hydrogens is 214 g/mol. The maximum Gasteiger partial charge on any atom is 0.0718 e. The summed E-state index contributed by atoms with van der Waals surface area (Å²) in [4.78, 5) is 0. The first-order valence-electron chi connectivity index (χ1n) is 5.83. The molecule has 0 aliphatic rings. The molecule has 0 heterocycles. The van der Waals surface area contributed by atoms with Crippen molar-refractivity contribution in [3.05, 3.63) is 36.4 Å². The van der Waals surface area contributed by atoms with E-state index in [0.29, 0.717) is 19.8 Å². The largest absolute Gasteiger partial charge is 0.398 e. The van der Waals surface area contributed by atoms with Crippen LogP contribution < -0.4 is 5.73 Å². The first-order chi connectivity index (χ1) is 8.11. The lowest BCUT2D eigenvalue weighted by Gasteiger charge is -2.11. The highest BCUT2D eigenvalue weighted by atomic mass is 16.5. The summed E-state index contributed by atoms with van der Waals surface area (Å²) < 4.78 is 10.8. The molecular formula is C14H21NO2. The Hall–Kier alpha value is -1.32. The molecule has 94 valence electrons. The molecule has 2 N–H and O–H groups in total. The highest BCUT2D eigenvalue weighted by molar-refractivity contribution is 5.73. The van der Waals surface area contributed by atoms with Gasteiger partial charge in [-0.1, -0.05) is 24.8 Å². The van der Waals surface area contributed by atoms with Crippen LogP contribution in [-0.4, -0.2) is 25.9 Å². The molecule has 0 saturated carbocycles. The monoisotopic (exact) mass is 235 g/mol. The third-order valence-electron chi connectivity index (χ3n) is 2.30. The molecule has 0 aromatic heterocycles. The highest BCUT2D eigenvalue weighted by Gasteiger charge is 2.02. The van der Waals surface area contributed by atoms with Crippen LogP contribution in [0.3, 0.4) is 0 Å². The average molecular weight is 235 g/mol. The van der Waals surface area contributed by atoms with Crippen molar-refractivity contribution < 1.29 is 9.47 Å². The molecule has 3 nitrogen and oxygen atoms in total. The number of anilines is 1. The van der Waals surface area contributed by atoms with E-state index in [-0.39, 0.29) is 6.10 Å². The Morgan fingerprint density at radius 3 is 2.65 bits per heavy atom. The lowest BCUT2D eigenvalue weighted by atomic mass is 10.1. The fourth-order valence-electron chi connectivity index (χ4n) is 1.43. The predicted octanol–water partition coefficient (Wildman–Crippen LogP) is 2.72. The summed E-state index contributed by atoms with van der Waals surface area (Å²) in [6.07, 6.45) is 0.242. The lowest BCUT2D eigenvalue weighted by molar-refractivity contribution is 0.0281. The van der Waals surface area contributed by atoms with Gasteiger partial charge in [0.15, 0.2) is 0 Å². The Balaban J connectivity index is 2.29. The van der Waals surface area contributed by atoms with E-state index < -0.39 is 0 Å². The third kappa shape index (κ3) is 5.02. The predicted molar refractivity (Wildman–Crippen MR) is 71.8 cm³/mol. The van der Waals surface area contributed by atoms with Crippen molar-refractivity contribution in [3.8, 4) is 0 Å². The molecule has 0 saturated heterocycles. The quantitative estimate of drug-likeness (QED) is 0.584. The number of hydrogen-bond acceptors (Lipinski definition) is 3. The van der Waals surface area contributed by atoms with E-state index in [1.807, 2.05) is 38.1 Å². The van der Waals surface area contributed by atoms with Gasteiger partial charge in [0.1, 0.15) is 0 Å². The number of benzene rings is 1. The van der Waals surface area contributed by atoms with Crippen molar-refractivity contribution in [2.45, 2.75) is 20.0 Å². The number of nitrogens with two attached hydrogens (primary N) is 1. The van der Waals surface area contributed by atoms with Crippen molar-refractivity contribution in [3.63, 3.8) is 0 Å². The van der Waals surface area contributed by atoms with E-state index in [2.05, 4.69) is 6.58 Å². The van der Waals surface area contributed by atoms with Crippen LogP contribution >= 0.6 is 0 Å². The number of hydrogen-bond donors (Lipinski definition) is 1. The molecule has 0 bridgehead atoms. The number of rotatable bonds is 7. The van der Waals surface area contributed by atoms with Gasteiger partial charge in [-0.25, -0.2) is 0 Å². The Morgan fingerprint density at radius 2 is 2.00 bits per heavy atom. The van der Waals surface area contributed by atoms with Gasteiger partial charge in [-0.2, -0.15) is 0 Å². The first kappa shape index (κ1) is 13.7. The number of nitrogen functional groups attached to an aromatic ring is 1. The van der Waals surface area contributed by atoms with E-state index >= 15 is 0 Å². The molecule has 0 unspecified atom stereocenters. The second kappa shape index (κ2) is 7.09. The normalized spacial score (nSPS) is 10.8. The fourth-order valence-corrected chi connectivity index (χ4v) is 1.43. The first-order valence-corrected chi connectivity index (χ1v) is 5.83. The van der Waals surface area contributed by atoms with Crippen LogP contribution in [0.4, 0.5) is 5.69 Å². The lowest BCUT2D eigenvalue weighted by Crippen LogP contribution is -2.10. The highest BCUT2D eigenvalue weighted by Crippen LogP contribution is 2.19. The van der Waals surface area contributed by atoms with Gasteiger partial charge in [0.25, 0.3) is 0 Å². The molecule has 0 aliphatic carbocycles. The van der Waals surface area contributed by atoms with Gasteiger partial charge >= 0.3 is 0 Å².